The number of nitrogens with one attached hydrogen (secondary N) is 1. The summed E-state index contributed by atoms with van der Waals surface area (Å²) >= 11 is 0. The van der Waals surface area contributed by atoms with Crippen molar-refractivity contribution in [3.8, 4) is 0 Å². The molecule has 3 rings (SSSR count). The first-order chi connectivity index (χ1) is 10.1. The number of anilines is 1. The van der Waals surface area contributed by atoms with Crippen molar-refractivity contribution in [3.63, 3.8) is 0 Å². The molecule has 1 aromatic heterocycles. The molecule has 1 N–H and O–H groups in total. The first kappa shape index (κ1) is 14.7. The van der Waals surface area contributed by atoms with E-state index in [4.69, 9.17) is 4.74 Å². The van der Waals surface area contributed by atoms with Crippen LogP contribution in [0.3, 0.4) is 0 Å². The standard InChI is InChI=1S/C14H21N3O3S/c1-17(12-6-7-20-10-12)14-5-4-13(9-15-14)21(18,19)16-8-11-2-3-11/h4-5,9,11-12,16H,2-3,6-8,10H2,1H3. The molecule has 6 nitrogen and oxygen atoms in total. The van der Waals surface area contributed by atoms with Crippen molar-refractivity contribution in [2.75, 3.05) is 31.7 Å². The van der Waals surface area contributed by atoms with Crippen LogP contribution < -0.4 is 9.62 Å². The molecule has 2 aliphatic rings. The van der Waals surface area contributed by atoms with Crippen LogP contribution in [-0.4, -0.2) is 46.2 Å². The summed E-state index contributed by atoms with van der Waals surface area (Å²) in [7, 11) is -1.47. The van der Waals surface area contributed by atoms with Gasteiger partial charge in [0.25, 0.3) is 0 Å². The smallest absolute Gasteiger partial charge is 0.242 e. The molecule has 1 unspecified atom stereocenters. The van der Waals surface area contributed by atoms with Crippen LogP contribution in [0.2, 0.25) is 0 Å². The topological polar surface area (TPSA) is 71.5 Å². The maximum absolute atomic E-state index is 12.1. The van der Waals surface area contributed by atoms with Gasteiger partial charge >= 0.3 is 0 Å². The molecule has 0 spiro atoms. The van der Waals surface area contributed by atoms with Crippen LogP contribution in [0.15, 0.2) is 23.2 Å². The van der Waals surface area contributed by atoms with Crippen molar-refractivity contribution >= 4 is 15.8 Å². The van der Waals surface area contributed by atoms with Crippen LogP contribution in [0.1, 0.15) is 19.3 Å². The second kappa shape index (κ2) is 5.90. The molecule has 1 aliphatic heterocycles. The van der Waals surface area contributed by atoms with E-state index in [1.165, 1.54) is 6.20 Å². The van der Waals surface area contributed by atoms with Gasteiger partial charge in [-0.05, 0) is 37.3 Å². The zero-order valence-electron chi connectivity index (χ0n) is 12.2. The van der Waals surface area contributed by atoms with Crippen LogP contribution in [-0.2, 0) is 14.8 Å². The normalized spacial score (nSPS) is 22.4. The monoisotopic (exact) mass is 311 g/mol. The molecule has 2 fully saturated rings. The molecule has 2 heterocycles. The molecule has 0 radical (unpaired) electrons. The molecule has 7 heteroatoms. The van der Waals surface area contributed by atoms with Crippen LogP contribution in [0.4, 0.5) is 5.82 Å². The van der Waals surface area contributed by atoms with Gasteiger partial charge in [0.15, 0.2) is 0 Å². The fourth-order valence-corrected chi connectivity index (χ4v) is 3.45. The summed E-state index contributed by atoms with van der Waals surface area (Å²) < 4.78 is 32.2. The van der Waals surface area contributed by atoms with Crippen LogP contribution >= 0.6 is 0 Å². The number of rotatable bonds is 6. The van der Waals surface area contributed by atoms with Gasteiger partial charge in [-0.2, -0.15) is 0 Å². The van der Waals surface area contributed by atoms with Gasteiger partial charge in [-0.3, -0.25) is 0 Å². The predicted molar refractivity (Wildman–Crippen MR) is 79.8 cm³/mol. The zero-order valence-corrected chi connectivity index (χ0v) is 13.0. The zero-order chi connectivity index (χ0) is 14.9. The van der Waals surface area contributed by atoms with Crippen molar-refractivity contribution in [3.05, 3.63) is 18.3 Å². The Kier molecular flexibility index (Phi) is 4.14. The van der Waals surface area contributed by atoms with E-state index in [0.29, 0.717) is 25.1 Å². The van der Waals surface area contributed by atoms with E-state index in [2.05, 4.69) is 9.71 Å². The SMILES string of the molecule is CN(c1ccc(S(=O)(=O)NCC2CC2)cn1)C1CCOC1. The van der Waals surface area contributed by atoms with Crippen molar-refractivity contribution in [1.82, 2.24) is 9.71 Å². The predicted octanol–water partition coefficient (Wildman–Crippen LogP) is 0.995. The number of ether oxygens (including phenoxy) is 1. The van der Waals surface area contributed by atoms with E-state index in [-0.39, 0.29) is 4.90 Å². The first-order valence-electron chi connectivity index (χ1n) is 7.32. The van der Waals surface area contributed by atoms with E-state index >= 15 is 0 Å². The van der Waals surface area contributed by atoms with Gasteiger partial charge < -0.3 is 9.64 Å². The summed E-state index contributed by atoms with van der Waals surface area (Å²) in [6.45, 7) is 2.00. The Bertz CT molecular complexity index is 578. The number of likely N-dealkylation sites (N-methyl/N-ethyl adjacent to an activating group) is 1. The van der Waals surface area contributed by atoms with Gasteiger partial charge in [-0.25, -0.2) is 18.1 Å². The first-order valence-corrected chi connectivity index (χ1v) is 8.81. The molecule has 0 aromatic carbocycles. The highest BCUT2D eigenvalue weighted by molar-refractivity contribution is 7.89. The number of hydrogen-bond donors (Lipinski definition) is 1. The highest BCUT2D eigenvalue weighted by atomic mass is 32.2. The van der Waals surface area contributed by atoms with Gasteiger partial charge in [0, 0.05) is 26.4 Å². The fraction of sp³-hybridized carbons (Fsp3) is 0.643. The van der Waals surface area contributed by atoms with E-state index in [1.807, 2.05) is 11.9 Å². The number of aromatic nitrogens is 1. The summed E-state index contributed by atoms with van der Waals surface area (Å²) in [6.07, 6.45) is 4.64. The Balaban J connectivity index is 1.67. The lowest BCUT2D eigenvalue weighted by Crippen LogP contribution is -2.32. The Labute approximate surface area is 125 Å². The third-order valence-electron chi connectivity index (χ3n) is 4.10. The molecule has 116 valence electrons. The van der Waals surface area contributed by atoms with Crippen LogP contribution in [0, 0.1) is 5.92 Å². The average molecular weight is 311 g/mol. The molecule has 0 bridgehead atoms. The Hall–Kier alpha value is -1.18. The third kappa shape index (κ3) is 3.53. The molecule has 1 saturated carbocycles. The van der Waals surface area contributed by atoms with Crippen LogP contribution in [0.5, 0.6) is 0 Å². The van der Waals surface area contributed by atoms with Gasteiger partial charge in [0.2, 0.25) is 10.0 Å². The largest absolute Gasteiger partial charge is 0.379 e. The fourth-order valence-electron chi connectivity index (χ4n) is 2.39. The lowest BCUT2D eigenvalue weighted by molar-refractivity contribution is 0.193. The van der Waals surface area contributed by atoms with Crippen molar-refractivity contribution in [2.45, 2.75) is 30.2 Å². The van der Waals surface area contributed by atoms with Gasteiger partial charge in [-0.15, -0.1) is 0 Å². The minimum absolute atomic E-state index is 0.225. The Morgan fingerprint density at radius 1 is 1.38 bits per heavy atom. The number of nitrogens with zero attached hydrogens (tertiary/aromatic N) is 2. The maximum atomic E-state index is 12.1. The van der Waals surface area contributed by atoms with Crippen molar-refractivity contribution in [1.29, 1.82) is 0 Å². The second-order valence-corrected chi connectivity index (χ2v) is 7.54. The molecule has 0 amide bonds. The van der Waals surface area contributed by atoms with Crippen molar-refractivity contribution < 1.29 is 13.2 Å². The van der Waals surface area contributed by atoms with Crippen molar-refractivity contribution in [2.24, 2.45) is 5.92 Å². The molecule has 1 aromatic rings. The second-order valence-electron chi connectivity index (χ2n) is 5.78. The van der Waals surface area contributed by atoms with E-state index in [0.717, 1.165) is 31.7 Å². The van der Waals surface area contributed by atoms with Gasteiger partial charge in [0.05, 0.1) is 12.6 Å². The number of sulfonamides is 1. The highest BCUT2D eigenvalue weighted by Gasteiger charge is 2.25. The number of hydrogen-bond acceptors (Lipinski definition) is 5. The molecule has 1 atom stereocenters. The lowest BCUT2D eigenvalue weighted by Gasteiger charge is -2.24. The maximum Gasteiger partial charge on any atom is 0.242 e. The highest BCUT2D eigenvalue weighted by Crippen LogP contribution is 2.28. The van der Waals surface area contributed by atoms with E-state index in [1.54, 1.807) is 12.1 Å². The summed E-state index contributed by atoms with van der Waals surface area (Å²) in [6, 6.07) is 3.68. The molecular formula is C14H21N3O3S. The number of pyridine rings is 1. The minimum atomic E-state index is -3.43. The lowest BCUT2D eigenvalue weighted by atomic mass is 10.2. The molecule has 1 saturated heterocycles. The molecular weight excluding hydrogens is 290 g/mol. The molecule has 1 aliphatic carbocycles. The Morgan fingerprint density at radius 3 is 2.76 bits per heavy atom. The summed E-state index contributed by atoms with van der Waals surface area (Å²) in [5.74, 6) is 1.28. The summed E-state index contributed by atoms with van der Waals surface area (Å²) in [5.41, 5.74) is 0. The summed E-state index contributed by atoms with van der Waals surface area (Å²) in [5, 5.41) is 0. The quantitative estimate of drug-likeness (QED) is 0.848. The van der Waals surface area contributed by atoms with Gasteiger partial charge in [-0.1, -0.05) is 0 Å². The molecule has 21 heavy (non-hydrogen) atoms. The Morgan fingerprint density at radius 2 is 2.19 bits per heavy atom. The van der Waals surface area contributed by atoms with Gasteiger partial charge in [0.1, 0.15) is 10.7 Å². The third-order valence-corrected chi connectivity index (χ3v) is 5.51. The average Bonchev–Trinajstić information content (AvgIpc) is 3.17. The van der Waals surface area contributed by atoms with E-state index in [9.17, 15) is 8.42 Å². The minimum Gasteiger partial charge on any atom is -0.379 e. The summed E-state index contributed by atoms with van der Waals surface area (Å²) in [4.78, 5) is 6.55. The van der Waals surface area contributed by atoms with E-state index < -0.39 is 10.0 Å². The van der Waals surface area contributed by atoms with Crippen LogP contribution in [0.25, 0.3) is 0 Å².